The topological polar surface area (TPSA) is 105 Å². The van der Waals surface area contributed by atoms with Crippen LogP contribution in [-0.2, 0) is 0 Å². The van der Waals surface area contributed by atoms with Crippen LogP contribution in [-0.4, -0.2) is 25.1 Å². The number of benzene rings is 1. The molecule has 0 aromatic heterocycles. The number of nitro benzene ring substituents is 1. The van der Waals surface area contributed by atoms with E-state index in [2.05, 4.69) is 0 Å². The standard InChI is InChI=1S/C9H9ClN2O5/c1-16-5-3-4(9(11)13)7(12(14)15)6(10)8(5)17-2/h3H,1-2H3,(H2,11,13). The second-order valence-electron chi connectivity index (χ2n) is 2.94. The van der Waals surface area contributed by atoms with Gasteiger partial charge in [0.05, 0.1) is 19.1 Å². The minimum absolute atomic E-state index is 0.0223. The van der Waals surface area contributed by atoms with Gasteiger partial charge in [0.25, 0.3) is 5.91 Å². The number of primary amides is 1. The summed E-state index contributed by atoms with van der Waals surface area (Å²) in [6.07, 6.45) is 0. The molecule has 7 nitrogen and oxygen atoms in total. The van der Waals surface area contributed by atoms with Crippen molar-refractivity contribution in [2.75, 3.05) is 14.2 Å². The highest BCUT2D eigenvalue weighted by Crippen LogP contribution is 2.43. The number of halogens is 1. The summed E-state index contributed by atoms with van der Waals surface area (Å²) in [4.78, 5) is 21.1. The number of hydrogen-bond donors (Lipinski definition) is 1. The van der Waals surface area contributed by atoms with Gasteiger partial charge in [-0.25, -0.2) is 0 Å². The first kappa shape index (κ1) is 13.0. The van der Waals surface area contributed by atoms with E-state index in [1.54, 1.807) is 0 Å². The molecule has 2 N–H and O–H groups in total. The largest absolute Gasteiger partial charge is 0.493 e. The second kappa shape index (κ2) is 4.88. The van der Waals surface area contributed by atoms with Crippen molar-refractivity contribution >= 4 is 23.2 Å². The van der Waals surface area contributed by atoms with Crippen molar-refractivity contribution < 1.29 is 19.2 Å². The molecular weight excluding hydrogens is 252 g/mol. The third-order valence-electron chi connectivity index (χ3n) is 2.03. The molecule has 0 unspecified atom stereocenters. The summed E-state index contributed by atoms with van der Waals surface area (Å²) >= 11 is 5.78. The Morgan fingerprint density at radius 2 is 2.06 bits per heavy atom. The molecule has 0 atom stereocenters. The Hall–Kier alpha value is -2.02. The molecule has 0 bridgehead atoms. The van der Waals surface area contributed by atoms with Gasteiger partial charge >= 0.3 is 5.69 Å². The smallest absolute Gasteiger partial charge is 0.304 e. The van der Waals surface area contributed by atoms with E-state index in [0.717, 1.165) is 6.07 Å². The molecule has 0 aliphatic carbocycles. The van der Waals surface area contributed by atoms with E-state index in [1.807, 2.05) is 0 Å². The Morgan fingerprint density at radius 1 is 1.47 bits per heavy atom. The van der Waals surface area contributed by atoms with Crippen molar-refractivity contribution in [3.8, 4) is 11.5 Å². The predicted molar refractivity (Wildman–Crippen MR) is 59.7 cm³/mol. The molecule has 0 saturated heterocycles. The summed E-state index contributed by atoms with van der Waals surface area (Å²) in [6, 6.07) is 1.12. The number of ether oxygens (including phenoxy) is 2. The second-order valence-corrected chi connectivity index (χ2v) is 3.32. The first-order valence-electron chi connectivity index (χ1n) is 4.32. The van der Waals surface area contributed by atoms with Crippen molar-refractivity contribution in [3.63, 3.8) is 0 Å². The number of nitrogens with two attached hydrogens (primary N) is 1. The van der Waals surface area contributed by atoms with Crippen LogP contribution in [0, 0.1) is 10.1 Å². The number of nitrogens with zero attached hydrogens (tertiary/aromatic N) is 1. The monoisotopic (exact) mass is 260 g/mol. The van der Waals surface area contributed by atoms with Gasteiger partial charge in [-0.3, -0.25) is 14.9 Å². The van der Waals surface area contributed by atoms with Gasteiger partial charge in [-0.1, -0.05) is 11.6 Å². The summed E-state index contributed by atoms with van der Waals surface area (Å²) in [7, 11) is 2.59. The van der Waals surface area contributed by atoms with Gasteiger partial charge < -0.3 is 15.2 Å². The zero-order valence-corrected chi connectivity index (χ0v) is 9.78. The maximum Gasteiger partial charge on any atom is 0.304 e. The number of methoxy groups -OCH3 is 2. The highest BCUT2D eigenvalue weighted by Gasteiger charge is 2.29. The summed E-state index contributed by atoms with van der Waals surface area (Å²) in [6.45, 7) is 0. The van der Waals surface area contributed by atoms with Crippen LogP contribution in [0.3, 0.4) is 0 Å². The van der Waals surface area contributed by atoms with Gasteiger partial charge in [-0.2, -0.15) is 0 Å². The first-order valence-corrected chi connectivity index (χ1v) is 4.70. The fourth-order valence-electron chi connectivity index (χ4n) is 1.31. The lowest BCUT2D eigenvalue weighted by Gasteiger charge is -2.11. The van der Waals surface area contributed by atoms with Gasteiger partial charge in [0.15, 0.2) is 16.5 Å². The number of carbonyl (C=O) groups excluding carboxylic acids is 1. The zero-order valence-electron chi connectivity index (χ0n) is 9.02. The van der Waals surface area contributed by atoms with Crippen LogP contribution in [0.2, 0.25) is 5.02 Å². The van der Waals surface area contributed by atoms with Crippen LogP contribution >= 0.6 is 11.6 Å². The van der Waals surface area contributed by atoms with E-state index in [1.165, 1.54) is 14.2 Å². The van der Waals surface area contributed by atoms with Crippen molar-refractivity contribution in [2.24, 2.45) is 5.73 Å². The number of carbonyl (C=O) groups is 1. The fraction of sp³-hybridized carbons (Fsp3) is 0.222. The molecule has 0 saturated carbocycles. The quantitative estimate of drug-likeness (QED) is 0.650. The molecule has 1 rings (SSSR count). The normalized spacial score (nSPS) is 9.82. The summed E-state index contributed by atoms with van der Waals surface area (Å²) in [5.41, 5.74) is 4.10. The minimum atomic E-state index is -0.973. The van der Waals surface area contributed by atoms with Crippen LogP contribution in [0.25, 0.3) is 0 Å². The Kier molecular flexibility index (Phi) is 3.74. The number of hydrogen-bond acceptors (Lipinski definition) is 5. The summed E-state index contributed by atoms with van der Waals surface area (Å²) in [5, 5.41) is 10.5. The maximum absolute atomic E-state index is 11.1. The van der Waals surface area contributed by atoms with Crippen LogP contribution in [0.4, 0.5) is 5.69 Å². The maximum atomic E-state index is 11.1. The van der Waals surface area contributed by atoms with Crippen molar-refractivity contribution in [1.29, 1.82) is 0 Å². The van der Waals surface area contributed by atoms with Crippen molar-refractivity contribution in [1.82, 2.24) is 0 Å². The number of nitro groups is 1. The molecule has 0 fully saturated rings. The Labute approximate surface area is 101 Å². The molecule has 0 aliphatic rings. The molecule has 1 amide bonds. The molecule has 0 radical (unpaired) electrons. The van der Waals surface area contributed by atoms with Gasteiger partial charge in [0, 0.05) is 6.07 Å². The molecule has 1 aromatic rings. The molecule has 0 heterocycles. The molecule has 0 aliphatic heterocycles. The third-order valence-corrected chi connectivity index (χ3v) is 2.38. The van der Waals surface area contributed by atoms with E-state index < -0.39 is 16.5 Å². The molecule has 8 heteroatoms. The van der Waals surface area contributed by atoms with Crippen LogP contribution in [0.15, 0.2) is 6.07 Å². The van der Waals surface area contributed by atoms with Gasteiger partial charge in [-0.15, -0.1) is 0 Å². The molecular formula is C9H9ClN2O5. The minimum Gasteiger partial charge on any atom is -0.493 e. The first-order chi connectivity index (χ1) is 7.93. The predicted octanol–water partition coefficient (Wildman–Crippen LogP) is 1.36. The van der Waals surface area contributed by atoms with Gasteiger partial charge in [-0.05, 0) is 0 Å². The van der Waals surface area contributed by atoms with Gasteiger partial charge in [0.1, 0.15) is 5.56 Å². The Morgan fingerprint density at radius 3 is 2.41 bits per heavy atom. The number of rotatable bonds is 4. The average molecular weight is 261 g/mol. The fourth-order valence-corrected chi connectivity index (χ4v) is 1.65. The van der Waals surface area contributed by atoms with E-state index in [0.29, 0.717) is 0 Å². The number of amides is 1. The average Bonchev–Trinajstić information content (AvgIpc) is 2.26. The molecule has 0 spiro atoms. The lowest BCUT2D eigenvalue weighted by molar-refractivity contribution is -0.385. The van der Waals surface area contributed by atoms with E-state index in [-0.39, 0.29) is 22.1 Å². The lowest BCUT2D eigenvalue weighted by Crippen LogP contribution is -2.14. The Balaban J connectivity index is 3.67. The summed E-state index contributed by atoms with van der Waals surface area (Å²) in [5.74, 6) is -0.901. The third kappa shape index (κ3) is 2.23. The van der Waals surface area contributed by atoms with Crippen molar-refractivity contribution in [3.05, 3.63) is 26.8 Å². The van der Waals surface area contributed by atoms with E-state index >= 15 is 0 Å². The summed E-state index contributed by atoms with van der Waals surface area (Å²) < 4.78 is 9.78. The lowest BCUT2D eigenvalue weighted by atomic mass is 10.1. The van der Waals surface area contributed by atoms with E-state index in [9.17, 15) is 14.9 Å². The van der Waals surface area contributed by atoms with E-state index in [4.69, 9.17) is 26.8 Å². The van der Waals surface area contributed by atoms with Crippen LogP contribution < -0.4 is 15.2 Å². The molecule has 1 aromatic carbocycles. The van der Waals surface area contributed by atoms with Crippen molar-refractivity contribution in [2.45, 2.75) is 0 Å². The molecule has 92 valence electrons. The van der Waals surface area contributed by atoms with Crippen LogP contribution in [0.5, 0.6) is 11.5 Å². The highest BCUT2D eigenvalue weighted by atomic mass is 35.5. The van der Waals surface area contributed by atoms with Crippen LogP contribution in [0.1, 0.15) is 10.4 Å². The Bertz CT molecular complexity index is 489. The van der Waals surface area contributed by atoms with Gasteiger partial charge in [0.2, 0.25) is 0 Å². The SMILES string of the molecule is COc1cc(C(N)=O)c([N+](=O)[O-])c(Cl)c1OC. The molecule has 17 heavy (non-hydrogen) atoms. The zero-order chi connectivity index (χ0) is 13.2. The highest BCUT2D eigenvalue weighted by molar-refractivity contribution is 6.35.